The predicted molar refractivity (Wildman–Crippen MR) is 76.0 cm³/mol. The molecule has 1 heterocycles. The Balaban J connectivity index is 1.93. The van der Waals surface area contributed by atoms with Gasteiger partial charge in [0.25, 0.3) is 0 Å². The summed E-state index contributed by atoms with van der Waals surface area (Å²) in [7, 11) is 1.66. The Hall–Kier alpha value is -1.55. The minimum Gasteiger partial charge on any atom is -0.497 e. The maximum Gasteiger partial charge on any atom is 0.305 e. The summed E-state index contributed by atoms with van der Waals surface area (Å²) in [5.41, 5.74) is 1.31. The number of esters is 1. The van der Waals surface area contributed by atoms with E-state index in [-0.39, 0.29) is 11.4 Å². The van der Waals surface area contributed by atoms with Crippen molar-refractivity contribution in [3.05, 3.63) is 29.8 Å². The van der Waals surface area contributed by atoms with Gasteiger partial charge >= 0.3 is 5.97 Å². The summed E-state index contributed by atoms with van der Waals surface area (Å²) >= 11 is 0. The number of ether oxygens (including phenoxy) is 3. The summed E-state index contributed by atoms with van der Waals surface area (Å²) in [6, 6.07) is 8.12. The van der Waals surface area contributed by atoms with Crippen molar-refractivity contribution in [2.45, 2.75) is 31.6 Å². The van der Waals surface area contributed by atoms with Crippen molar-refractivity contribution in [2.24, 2.45) is 0 Å². The van der Waals surface area contributed by atoms with Crippen LogP contribution in [0.5, 0.6) is 5.75 Å². The van der Waals surface area contributed by atoms with Gasteiger partial charge in [-0.05, 0) is 37.5 Å². The lowest BCUT2D eigenvalue weighted by Gasteiger charge is -2.42. The van der Waals surface area contributed by atoms with Crippen LogP contribution in [0.25, 0.3) is 0 Å². The van der Waals surface area contributed by atoms with E-state index in [1.165, 1.54) is 5.56 Å². The van der Waals surface area contributed by atoms with E-state index in [9.17, 15) is 4.79 Å². The highest BCUT2D eigenvalue weighted by atomic mass is 16.5. The highest BCUT2D eigenvalue weighted by Crippen LogP contribution is 2.37. The Bertz CT molecular complexity index is 434. The Labute approximate surface area is 120 Å². The maximum absolute atomic E-state index is 11.4. The van der Waals surface area contributed by atoms with Crippen molar-refractivity contribution >= 4 is 5.97 Å². The molecule has 1 aliphatic heterocycles. The van der Waals surface area contributed by atoms with E-state index in [2.05, 4.69) is 12.1 Å². The van der Waals surface area contributed by atoms with Gasteiger partial charge in [-0.25, -0.2) is 0 Å². The molecule has 1 aromatic carbocycles. The highest BCUT2D eigenvalue weighted by Gasteiger charge is 2.39. The maximum atomic E-state index is 11.4. The number of benzene rings is 1. The van der Waals surface area contributed by atoms with E-state index < -0.39 is 0 Å². The van der Waals surface area contributed by atoms with Crippen LogP contribution in [0, 0.1) is 0 Å². The van der Waals surface area contributed by atoms with Crippen LogP contribution in [0.4, 0.5) is 0 Å². The van der Waals surface area contributed by atoms with Crippen molar-refractivity contribution in [3.8, 4) is 5.75 Å². The highest BCUT2D eigenvalue weighted by molar-refractivity contribution is 5.69. The smallest absolute Gasteiger partial charge is 0.305 e. The van der Waals surface area contributed by atoms with Gasteiger partial charge in [0.05, 0.1) is 26.9 Å². The second-order valence-electron chi connectivity index (χ2n) is 5.16. The van der Waals surface area contributed by atoms with E-state index >= 15 is 0 Å². The van der Waals surface area contributed by atoms with Gasteiger partial charge in [0.15, 0.2) is 0 Å². The zero-order valence-electron chi connectivity index (χ0n) is 12.2. The van der Waals surface area contributed by atoms with Crippen molar-refractivity contribution in [1.29, 1.82) is 0 Å². The first-order valence-electron chi connectivity index (χ1n) is 7.08. The van der Waals surface area contributed by atoms with E-state index in [0.717, 1.165) is 31.8 Å². The first-order valence-corrected chi connectivity index (χ1v) is 7.08. The van der Waals surface area contributed by atoms with Crippen molar-refractivity contribution in [1.82, 2.24) is 0 Å². The zero-order chi connectivity index (χ0) is 14.4. The molecule has 0 atom stereocenters. The molecule has 20 heavy (non-hydrogen) atoms. The van der Waals surface area contributed by atoms with Gasteiger partial charge in [-0.15, -0.1) is 0 Å². The molecule has 0 amide bonds. The van der Waals surface area contributed by atoms with E-state index in [1.807, 2.05) is 19.1 Å². The van der Waals surface area contributed by atoms with Crippen LogP contribution in [-0.4, -0.2) is 32.9 Å². The molecule has 2 rings (SSSR count). The molecule has 0 unspecified atom stereocenters. The molecule has 1 aliphatic rings. The van der Waals surface area contributed by atoms with Gasteiger partial charge in [0.1, 0.15) is 5.75 Å². The second-order valence-corrected chi connectivity index (χ2v) is 5.16. The predicted octanol–water partition coefficient (Wildman–Crippen LogP) is 2.70. The third-order valence-corrected chi connectivity index (χ3v) is 3.80. The van der Waals surface area contributed by atoms with Gasteiger partial charge in [-0.1, -0.05) is 12.1 Å². The topological polar surface area (TPSA) is 44.8 Å². The Morgan fingerprint density at radius 2 is 2.00 bits per heavy atom. The molecule has 0 saturated carbocycles. The lowest BCUT2D eigenvalue weighted by atomic mass is 9.75. The van der Waals surface area contributed by atoms with Crippen LogP contribution in [0.2, 0.25) is 0 Å². The molecule has 4 heteroatoms. The molecule has 0 N–H and O–H groups in total. The number of carbonyl (C=O) groups is 1. The molecule has 0 aromatic heterocycles. The molecular formula is C16H22O4. The van der Waals surface area contributed by atoms with Crippen LogP contribution >= 0.6 is 0 Å². The van der Waals surface area contributed by atoms with Gasteiger partial charge in [-0.2, -0.15) is 0 Å². The van der Waals surface area contributed by atoms with Crippen LogP contribution in [0.15, 0.2) is 24.3 Å². The SMILES string of the molecule is CCOC(=O)CCCC1(c2ccc(OC)cc2)COC1. The largest absolute Gasteiger partial charge is 0.497 e. The van der Waals surface area contributed by atoms with Crippen molar-refractivity contribution in [3.63, 3.8) is 0 Å². The minimum absolute atomic E-state index is 0.0543. The molecule has 0 aliphatic carbocycles. The zero-order valence-corrected chi connectivity index (χ0v) is 12.2. The van der Waals surface area contributed by atoms with Gasteiger partial charge in [-0.3, -0.25) is 4.79 Å². The summed E-state index contributed by atoms with van der Waals surface area (Å²) in [6.45, 7) is 3.73. The van der Waals surface area contributed by atoms with Crippen molar-refractivity contribution < 1.29 is 19.0 Å². The molecule has 0 bridgehead atoms. The van der Waals surface area contributed by atoms with Gasteiger partial charge < -0.3 is 14.2 Å². The number of carbonyl (C=O) groups excluding carboxylic acids is 1. The molecule has 1 fully saturated rings. The average molecular weight is 278 g/mol. The summed E-state index contributed by atoms with van der Waals surface area (Å²) in [4.78, 5) is 11.4. The fourth-order valence-corrected chi connectivity index (χ4v) is 2.55. The third-order valence-electron chi connectivity index (χ3n) is 3.80. The quantitative estimate of drug-likeness (QED) is 0.719. The van der Waals surface area contributed by atoms with Crippen LogP contribution in [0.3, 0.4) is 0 Å². The Morgan fingerprint density at radius 1 is 1.30 bits per heavy atom. The van der Waals surface area contributed by atoms with Crippen LogP contribution < -0.4 is 4.74 Å². The summed E-state index contributed by atoms with van der Waals surface area (Å²) in [6.07, 6.45) is 2.25. The molecule has 1 aromatic rings. The molecule has 0 radical (unpaired) electrons. The Kier molecular flexibility index (Phi) is 5.01. The van der Waals surface area contributed by atoms with E-state index in [1.54, 1.807) is 7.11 Å². The normalized spacial score (nSPS) is 16.3. The second kappa shape index (κ2) is 6.75. The summed E-state index contributed by atoms with van der Waals surface area (Å²) in [5, 5.41) is 0. The van der Waals surface area contributed by atoms with E-state index in [4.69, 9.17) is 14.2 Å². The summed E-state index contributed by atoms with van der Waals surface area (Å²) < 4.78 is 15.5. The number of rotatable bonds is 7. The van der Waals surface area contributed by atoms with Crippen molar-refractivity contribution in [2.75, 3.05) is 26.9 Å². The standard InChI is InChI=1S/C16H22O4/c1-3-20-15(17)5-4-10-16(11-19-12-16)13-6-8-14(18-2)9-7-13/h6-9H,3-5,10-12H2,1-2H3. The number of hydrogen-bond donors (Lipinski definition) is 0. The summed E-state index contributed by atoms with van der Waals surface area (Å²) in [5.74, 6) is 0.744. The van der Waals surface area contributed by atoms with E-state index in [0.29, 0.717) is 13.0 Å². The average Bonchev–Trinajstić information content (AvgIpc) is 2.42. The van der Waals surface area contributed by atoms with Crippen LogP contribution in [-0.2, 0) is 19.7 Å². The molecule has 0 spiro atoms. The fraction of sp³-hybridized carbons (Fsp3) is 0.562. The monoisotopic (exact) mass is 278 g/mol. The first kappa shape index (κ1) is 14.9. The lowest BCUT2D eigenvalue weighted by Crippen LogP contribution is -2.46. The molecule has 1 saturated heterocycles. The number of methoxy groups -OCH3 is 1. The van der Waals surface area contributed by atoms with Crippen LogP contribution in [0.1, 0.15) is 31.7 Å². The third kappa shape index (κ3) is 3.31. The minimum atomic E-state index is -0.113. The molecular weight excluding hydrogens is 256 g/mol. The van der Waals surface area contributed by atoms with Gasteiger partial charge in [0.2, 0.25) is 0 Å². The fourth-order valence-electron chi connectivity index (χ4n) is 2.55. The first-order chi connectivity index (χ1) is 9.70. The van der Waals surface area contributed by atoms with Gasteiger partial charge in [0, 0.05) is 11.8 Å². The molecule has 110 valence electrons. The lowest BCUT2D eigenvalue weighted by molar-refractivity contribution is -0.143. The number of hydrogen-bond acceptors (Lipinski definition) is 4. The Morgan fingerprint density at radius 3 is 2.50 bits per heavy atom. The molecule has 4 nitrogen and oxygen atoms in total.